The molecule has 11 rings (SSSR count). The van der Waals surface area contributed by atoms with Crippen molar-refractivity contribution >= 4 is 0 Å². The van der Waals surface area contributed by atoms with E-state index in [1.807, 2.05) is 0 Å². The molecule has 0 radical (unpaired) electrons. The Bertz CT molecular complexity index is 2680. The van der Waals surface area contributed by atoms with Gasteiger partial charge in [0.2, 0.25) is 0 Å². The number of hydrogen-bond donors (Lipinski definition) is 0. The third-order valence-electron chi connectivity index (χ3n) is 12.6. The first-order valence-corrected chi connectivity index (χ1v) is 18.9. The van der Waals surface area contributed by atoms with Crippen molar-refractivity contribution in [3.8, 4) is 44.5 Å². The molecule has 0 saturated heterocycles. The zero-order valence-corrected chi connectivity index (χ0v) is 30.0. The number of fused-ring (bicyclic) bond motifs is 13. The van der Waals surface area contributed by atoms with Gasteiger partial charge >= 0.3 is 0 Å². The quantitative estimate of drug-likeness (QED) is 0.163. The summed E-state index contributed by atoms with van der Waals surface area (Å²) in [4.78, 5) is 0. The van der Waals surface area contributed by atoms with Gasteiger partial charge in [-0.15, -0.1) is 0 Å². The highest BCUT2D eigenvalue weighted by Crippen LogP contribution is 2.64. The molecule has 0 aromatic heterocycles. The maximum atomic E-state index is 2.54. The summed E-state index contributed by atoms with van der Waals surface area (Å²) in [6.45, 7) is 4.78. The number of benzene rings is 8. The average molecular weight is 675 g/mol. The van der Waals surface area contributed by atoms with Gasteiger partial charge < -0.3 is 0 Å². The van der Waals surface area contributed by atoms with E-state index in [0.717, 1.165) is 0 Å². The van der Waals surface area contributed by atoms with Crippen molar-refractivity contribution in [2.45, 2.75) is 30.6 Å². The Morgan fingerprint density at radius 2 is 0.792 bits per heavy atom. The van der Waals surface area contributed by atoms with Gasteiger partial charge in [0.1, 0.15) is 0 Å². The van der Waals surface area contributed by atoms with Gasteiger partial charge in [0.05, 0.1) is 5.41 Å². The molecular weight excluding hydrogens is 637 g/mol. The van der Waals surface area contributed by atoms with Gasteiger partial charge in [-0.25, -0.2) is 0 Å². The van der Waals surface area contributed by atoms with E-state index in [-0.39, 0.29) is 11.3 Å². The molecule has 0 heterocycles. The van der Waals surface area contributed by atoms with E-state index in [1.165, 1.54) is 94.6 Å². The molecular formula is C53H38. The van der Waals surface area contributed by atoms with Crippen LogP contribution in [0.3, 0.4) is 0 Å². The van der Waals surface area contributed by atoms with Crippen molar-refractivity contribution in [2.75, 3.05) is 0 Å². The first-order chi connectivity index (χ1) is 26.1. The summed E-state index contributed by atoms with van der Waals surface area (Å²) in [5.74, 6) is 0.00528. The molecule has 1 spiro atoms. The topological polar surface area (TPSA) is 0 Å². The van der Waals surface area contributed by atoms with E-state index in [4.69, 9.17) is 0 Å². The zero-order chi connectivity index (χ0) is 35.3. The number of rotatable bonds is 4. The molecule has 1 unspecified atom stereocenters. The van der Waals surface area contributed by atoms with Crippen LogP contribution < -0.4 is 0 Å². The minimum Gasteiger partial charge on any atom is -0.0622 e. The zero-order valence-electron chi connectivity index (χ0n) is 30.0. The summed E-state index contributed by atoms with van der Waals surface area (Å²) in [5, 5.41) is 0. The summed E-state index contributed by atoms with van der Waals surface area (Å²) < 4.78 is 0. The SMILES string of the molecule is CC1(C)c2ccccc2-c2ccc(C(c3ccc(-c4ccccc4)cc3)c3cccc4c3C3(c5ccccc5-c5ccccc53)c3ccccc3-4)cc21. The van der Waals surface area contributed by atoms with Crippen molar-refractivity contribution in [3.05, 3.63) is 238 Å². The summed E-state index contributed by atoms with van der Waals surface area (Å²) >= 11 is 0. The fourth-order valence-electron chi connectivity index (χ4n) is 10.4. The Labute approximate surface area is 312 Å². The molecule has 3 aliphatic carbocycles. The first kappa shape index (κ1) is 30.4. The lowest BCUT2D eigenvalue weighted by Gasteiger charge is -2.34. The first-order valence-electron chi connectivity index (χ1n) is 18.9. The monoisotopic (exact) mass is 674 g/mol. The Hall–Kier alpha value is -6.24. The Morgan fingerprint density at radius 3 is 1.42 bits per heavy atom. The molecule has 0 heteroatoms. The molecule has 0 aliphatic heterocycles. The van der Waals surface area contributed by atoms with Crippen LogP contribution in [0.15, 0.2) is 188 Å². The lowest BCUT2D eigenvalue weighted by atomic mass is 9.67. The van der Waals surface area contributed by atoms with Crippen LogP contribution in [0.25, 0.3) is 44.5 Å². The average Bonchev–Trinajstić information content (AvgIpc) is 3.78. The van der Waals surface area contributed by atoms with Gasteiger partial charge in [-0.05, 0) is 94.6 Å². The Kier molecular flexibility index (Phi) is 6.38. The van der Waals surface area contributed by atoms with Crippen LogP contribution in [0, 0.1) is 0 Å². The summed E-state index contributed by atoms with van der Waals surface area (Å²) in [6, 6.07) is 71.0. The molecule has 0 N–H and O–H groups in total. The van der Waals surface area contributed by atoms with Crippen LogP contribution in [0.1, 0.15) is 69.8 Å². The van der Waals surface area contributed by atoms with Crippen LogP contribution in [0.4, 0.5) is 0 Å². The minimum absolute atomic E-state index is 0.00528. The van der Waals surface area contributed by atoms with Crippen LogP contribution in [-0.2, 0) is 10.8 Å². The van der Waals surface area contributed by atoms with Gasteiger partial charge in [-0.2, -0.15) is 0 Å². The van der Waals surface area contributed by atoms with E-state index >= 15 is 0 Å². The van der Waals surface area contributed by atoms with Gasteiger partial charge in [0, 0.05) is 11.3 Å². The standard InChI is InChI=1S/C53H38/c1-52(2)45-23-10-6-17-38(45)42-32-31-37(33-49(42)52)50(36-29-27-35(28-30-36)34-15-4-3-5-16-34)44-22-14-21-43-41-20-9-13-26-48(41)53(51(43)44)46-24-11-7-18-39(46)40-19-8-12-25-47(40)53/h3-33,50H,1-2H3. The van der Waals surface area contributed by atoms with Crippen molar-refractivity contribution in [2.24, 2.45) is 0 Å². The Morgan fingerprint density at radius 1 is 0.340 bits per heavy atom. The molecule has 0 nitrogen and oxygen atoms in total. The van der Waals surface area contributed by atoms with E-state index in [9.17, 15) is 0 Å². The molecule has 0 fully saturated rings. The molecule has 8 aromatic rings. The second-order valence-electron chi connectivity index (χ2n) is 15.6. The van der Waals surface area contributed by atoms with Crippen LogP contribution in [0.2, 0.25) is 0 Å². The van der Waals surface area contributed by atoms with E-state index in [2.05, 4.69) is 202 Å². The normalized spacial score (nSPS) is 15.2. The van der Waals surface area contributed by atoms with Gasteiger partial charge in [0.25, 0.3) is 0 Å². The van der Waals surface area contributed by atoms with Crippen molar-refractivity contribution in [1.29, 1.82) is 0 Å². The van der Waals surface area contributed by atoms with Crippen LogP contribution >= 0.6 is 0 Å². The third kappa shape index (κ3) is 4.07. The maximum absolute atomic E-state index is 2.54. The van der Waals surface area contributed by atoms with Crippen molar-refractivity contribution in [1.82, 2.24) is 0 Å². The second-order valence-corrected chi connectivity index (χ2v) is 15.6. The highest BCUT2D eigenvalue weighted by molar-refractivity contribution is 5.96. The molecule has 3 aliphatic rings. The predicted molar refractivity (Wildman–Crippen MR) is 220 cm³/mol. The van der Waals surface area contributed by atoms with Gasteiger partial charge in [0.15, 0.2) is 0 Å². The van der Waals surface area contributed by atoms with E-state index in [0.29, 0.717) is 0 Å². The summed E-state index contributed by atoms with van der Waals surface area (Å²) in [7, 11) is 0. The minimum atomic E-state index is -0.426. The fraction of sp³-hybridized carbons (Fsp3) is 0.0943. The smallest absolute Gasteiger partial charge is 0.0622 e. The van der Waals surface area contributed by atoms with Crippen molar-refractivity contribution < 1.29 is 0 Å². The lowest BCUT2D eigenvalue weighted by molar-refractivity contribution is 0.658. The molecule has 8 aromatic carbocycles. The molecule has 0 saturated carbocycles. The van der Waals surface area contributed by atoms with Crippen LogP contribution in [-0.4, -0.2) is 0 Å². The van der Waals surface area contributed by atoms with E-state index < -0.39 is 5.41 Å². The molecule has 53 heavy (non-hydrogen) atoms. The Balaban J connectivity index is 1.21. The largest absolute Gasteiger partial charge is 0.0728 e. The lowest BCUT2D eigenvalue weighted by Crippen LogP contribution is -2.28. The predicted octanol–water partition coefficient (Wildman–Crippen LogP) is 13.2. The fourth-order valence-corrected chi connectivity index (χ4v) is 10.4. The van der Waals surface area contributed by atoms with Crippen molar-refractivity contribution in [3.63, 3.8) is 0 Å². The molecule has 250 valence electrons. The summed E-state index contributed by atoms with van der Waals surface area (Å²) in [5.41, 5.74) is 22.4. The highest BCUT2D eigenvalue weighted by Gasteiger charge is 2.53. The molecule has 0 amide bonds. The maximum Gasteiger partial charge on any atom is 0.0728 e. The second kappa shape index (κ2) is 11.1. The van der Waals surface area contributed by atoms with Gasteiger partial charge in [-0.1, -0.05) is 202 Å². The van der Waals surface area contributed by atoms with Gasteiger partial charge in [-0.3, -0.25) is 0 Å². The molecule has 1 atom stereocenters. The van der Waals surface area contributed by atoms with Crippen LogP contribution in [0.5, 0.6) is 0 Å². The molecule has 0 bridgehead atoms. The summed E-state index contributed by atoms with van der Waals surface area (Å²) in [6.07, 6.45) is 0. The third-order valence-corrected chi connectivity index (χ3v) is 12.6. The highest BCUT2D eigenvalue weighted by atomic mass is 14.5. The number of hydrogen-bond acceptors (Lipinski definition) is 0. The van der Waals surface area contributed by atoms with E-state index in [1.54, 1.807) is 0 Å².